The molecule has 1 atom stereocenters. The number of aliphatic hydroxyl groups excluding tert-OH is 1. The summed E-state index contributed by atoms with van der Waals surface area (Å²) < 4.78 is 2.17. The van der Waals surface area contributed by atoms with Crippen LogP contribution in [0.5, 0.6) is 0 Å². The molecule has 0 aliphatic heterocycles. The molecule has 2 aromatic carbocycles. The monoisotopic (exact) mass is 251 g/mol. The predicted molar refractivity (Wildman–Crippen MR) is 78.1 cm³/mol. The first kappa shape index (κ1) is 12.0. The van der Waals surface area contributed by atoms with Crippen LogP contribution in [-0.2, 0) is 6.54 Å². The molecule has 1 N–H and O–H groups in total. The van der Waals surface area contributed by atoms with Crippen molar-refractivity contribution in [3.05, 3.63) is 71.9 Å². The highest BCUT2D eigenvalue weighted by Gasteiger charge is 2.16. The zero-order valence-electron chi connectivity index (χ0n) is 11.0. The molecule has 19 heavy (non-hydrogen) atoms. The van der Waals surface area contributed by atoms with Crippen molar-refractivity contribution in [1.82, 2.24) is 4.57 Å². The summed E-state index contributed by atoms with van der Waals surface area (Å²) in [6.45, 7) is 2.96. The van der Waals surface area contributed by atoms with Gasteiger partial charge in [-0.2, -0.15) is 0 Å². The lowest BCUT2D eigenvalue weighted by Gasteiger charge is -2.14. The van der Waals surface area contributed by atoms with Gasteiger partial charge in [0.05, 0.1) is 5.69 Å². The largest absolute Gasteiger partial charge is 0.382 e. The molecule has 2 heteroatoms. The van der Waals surface area contributed by atoms with E-state index in [2.05, 4.69) is 29.7 Å². The molecule has 0 spiro atoms. The molecule has 2 nitrogen and oxygen atoms in total. The standard InChI is InChI=1S/C17H17NO/c1-2-18-15-11-7-6-10-14(15)12-16(18)17(19)13-8-4-3-5-9-13/h3-12,17,19H,2H2,1H3. The molecule has 0 fully saturated rings. The number of benzene rings is 2. The average Bonchev–Trinajstić information content (AvgIpc) is 2.85. The van der Waals surface area contributed by atoms with E-state index in [-0.39, 0.29) is 0 Å². The lowest BCUT2D eigenvalue weighted by Crippen LogP contribution is -2.07. The number of nitrogens with zero attached hydrogens (tertiary/aromatic N) is 1. The van der Waals surface area contributed by atoms with Gasteiger partial charge in [-0.05, 0) is 30.0 Å². The number of aromatic nitrogens is 1. The molecule has 0 bridgehead atoms. The molecular weight excluding hydrogens is 234 g/mol. The van der Waals surface area contributed by atoms with Gasteiger partial charge in [-0.3, -0.25) is 0 Å². The van der Waals surface area contributed by atoms with Gasteiger partial charge in [0, 0.05) is 12.1 Å². The molecule has 1 aromatic heterocycles. The SMILES string of the molecule is CCn1c(C(O)c2ccccc2)cc2ccccc21. The van der Waals surface area contributed by atoms with Gasteiger partial charge in [0.25, 0.3) is 0 Å². The molecule has 3 rings (SSSR count). The zero-order chi connectivity index (χ0) is 13.2. The molecule has 96 valence electrons. The molecule has 0 aliphatic carbocycles. The summed E-state index contributed by atoms with van der Waals surface area (Å²) >= 11 is 0. The Balaban J connectivity index is 2.14. The second-order valence-electron chi connectivity index (χ2n) is 4.69. The maximum Gasteiger partial charge on any atom is 0.119 e. The molecule has 3 aromatic rings. The van der Waals surface area contributed by atoms with E-state index >= 15 is 0 Å². The Hall–Kier alpha value is -2.06. The lowest BCUT2D eigenvalue weighted by atomic mass is 10.1. The van der Waals surface area contributed by atoms with Crippen LogP contribution < -0.4 is 0 Å². The Morgan fingerprint density at radius 2 is 1.68 bits per heavy atom. The first-order valence-corrected chi connectivity index (χ1v) is 6.62. The number of rotatable bonds is 3. The van der Waals surface area contributed by atoms with E-state index in [9.17, 15) is 5.11 Å². The Morgan fingerprint density at radius 3 is 2.42 bits per heavy atom. The fourth-order valence-electron chi connectivity index (χ4n) is 2.62. The maximum absolute atomic E-state index is 10.6. The number of para-hydroxylation sites is 1. The quantitative estimate of drug-likeness (QED) is 0.753. The Labute approximate surface area is 112 Å². The molecular formula is C17H17NO. The zero-order valence-corrected chi connectivity index (χ0v) is 11.0. The predicted octanol–water partition coefficient (Wildman–Crippen LogP) is 3.74. The van der Waals surface area contributed by atoms with Gasteiger partial charge in [-0.1, -0.05) is 48.5 Å². The van der Waals surface area contributed by atoms with Crippen molar-refractivity contribution in [2.24, 2.45) is 0 Å². The topological polar surface area (TPSA) is 25.2 Å². The molecule has 0 amide bonds. The molecule has 0 saturated carbocycles. The highest BCUT2D eigenvalue weighted by molar-refractivity contribution is 5.81. The summed E-state index contributed by atoms with van der Waals surface area (Å²) in [6, 6.07) is 20.1. The molecule has 1 heterocycles. The Bertz CT molecular complexity index is 685. The van der Waals surface area contributed by atoms with Crippen molar-refractivity contribution in [2.45, 2.75) is 19.6 Å². The van der Waals surface area contributed by atoms with Gasteiger partial charge in [0.1, 0.15) is 6.10 Å². The van der Waals surface area contributed by atoms with E-state index in [1.54, 1.807) is 0 Å². The second kappa shape index (κ2) is 4.90. The van der Waals surface area contributed by atoms with Crippen LogP contribution >= 0.6 is 0 Å². The van der Waals surface area contributed by atoms with E-state index in [1.165, 1.54) is 10.9 Å². The molecule has 1 unspecified atom stereocenters. The molecule has 0 radical (unpaired) electrons. The summed E-state index contributed by atoms with van der Waals surface area (Å²) in [4.78, 5) is 0. The summed E-state index contributed by atoms with van der Waals surface area (Å²) in [6.07, 6.45) is -0.575. The molecule has 0 aliphatic rings. The fourth-order valence-corrected chi connectivity index (χ4v) is 2.62. The van der Waals surface area contributed by atoms with Crippen LogP contribution in [0.3, 0.4) is 0 Å². The van der Waals surface area contributed by atoms with Crippen LogP contribution in [0.15, 0.2) is 60.7 Å². The van der Waals surface area contributed by atoms with Gasteiger partial charge >= 0.3 is 0 Å². The number of hydrogen-bond acceptors (Lipinski definition) is 1. The van der Waals surface area contributed by atoms with Crippen molar-refractivity contribution in [3.8, 4) is 0 Å². The van der Waals surface area contributed by atoms with Crippen LogP contribution in [0.2, 0.25) is 0 Å². The van der Waals surface area contributed by atoms with E-state index < -0.39 is 6.10 Å². The van der Waals surface area contributed by atoms with Crippen molar-refractivity contribution in [1.29, 1.82) is 0 Å². The number of aryl methyl sites for hydroxylation is 1. The minimum absolute atomic E-state index is 0.575. The maximum atomic E-state index is 10.6. The van der Waals surface area contributed by atoms with E-state index in [1.807, 2.05) is 42.5 Å². The Kier molecular flexibility index (Phi) is 3.10. The first-order valence-electron chi connectivity index (χ1n) is 6.62. The summed E-state index contributed by atoms with van der Waals surface area (Å²) in [5.74, 6) is 0. The normalized spacial score (nSPS) is 12.7. The third-order valence-corrected chi connectivity index (χ3v) is 3.55. The van der Waals surface area contributed by atoms with Crippen LogP contribution in [0.25, 0.3) is 10.9 Å². The van der Waals surface area contributed by atoms with Crippen molar-refractivity contribution in [2.75, 3.05) is 0 Å². The van der Waals surface area contributed by atoms with Gasteiger partial charge in [0.2, 0.25) is 0 Å². The second-order valence-corrected chi connectivity index (χ2v) is 4.69. The lowest BCUT2D eigenvalue weighted by molar-refractivity contribution is 0.211. The van der Waals surface area contributed by atoms with Crippen LogP contribution in [0.4, 0.5) is 0 Å². The third-order valence-electron chi connectivity index (χ3n) is 3.55. The third kappa shape index (κ3) is 2.04. The summed E-state index contributed by atoms with van der Waals surface area (Å²) in [7, 11) is 0. The van der Waals surface area contributed by atoms with Crippen molar-refractivity contribution < 1.29 is 5.11 Å². The minimum atomic E-state index is -0.575. The average molecular weight is 251 g/mol. The summed E-state index contributed by atoms with van der Waals surface area (Å²) in [5.41, 5.74) is 3.06. The first-order chi connectivity index (χ1) is 9.31. The highest BCUT2D eigenvalue weighted by Crippen LogP contribution is 2.28. The van der Waals surface area contributed by atoms with Crippen LogP contribution in [0.1, 0.15) is 24.3 Å². The summed E-state index contributed by atoms with van der Waals surface area (Å²) in [5, 5.41) is 11.8. The van der Waals surface area contributed by atoms with Crippen molar-refractivity contribution in [3.63, 3.8) is 0 Å². The van der Waals surface area contributed by atoms with Gasteiger partial charge in [0.15, 0.2) is 0 Å². The van der Waals surface area contributed by atoms with E-state index in [0.29, 0.717) is 0 Å². The van der Waals surface area contributed by atoms with E-state index in [0.717, 1.165) is 17.8 Å². The van der Waals surface area contributed by atoms with Gasteiger partial charge in [-0.25, -0.2) is 0 Å². The van der Waals surface area contributed by atoms with Gasteiger partial charge < -0.3 is 9.67 Å². The van der Waals surface area contributed by atoms with E-state index in [4.69, 9.17) is 0 Å². The van der Waals surface area contributed by atoms with Crippen molar-refractivity contribution >= 4 is 10.9 Å². The van der Waals surface area contributed by atoms with Crippen LogP contribution in [0, 0.1) is 0 Å². The fraction of sp³-hybridized carbons (Fsp3) is 0.176. The number of fused-ring (bicyclic) bond motifs is 1. The number of hydrogen-bond donors (Lipinski definition) is 1. The van der Waals surface area contributed by atoms with Gasteiger partial charge in [-0.15, -0.1) is 0 Å². The smallest absolute Gasteiger partial charge is 0.119 e. The van der Waals surface area contributed by atoms with Crippen LogP contribution in [-0.4, -0.2) is 9.67 Å². The highest BCUT2D eigenvalue weighted by atomic mass is 16.3. The minimum Gasteiger partial charge on any atom is -0.382 e. The number of aliphatic hydroxyl groups is 1. The Morgan fingerprint density at radius 1 is 1.00 bits per heavy atom. The molecule has 0 saturated heterocycles.